The quantitative estimate of drug-likeness (QED) is 0.373. The third kappa shape index (κ3) is 5.32. The van der Waals surface area contributed by atoms with Gasteiger partial charge in [-0.1, -0.05) is 0 Å². The summed E-state index contributed by atoms with van der Waals surface area (Å²) in [5, 5.41) is 0. The van der Waals surface area contributed by atoms with Gasteiger partial charge in [0.2, 0.25) is 0 Å². The number of ether oxygens (including phenoxy) is 2. The van der Waals surface area contributed by atoms with Crippen LogP contribution in [0.5, 0.6) is 0 Å². The van der Waals surface area contributed by atoms with E-state index in [-0.39, 0.29) is 0 Å². The fourth-order valence-electron chi connectivity index (χ4n) is 1.41. The van der Waals surface area contributed by atoms with Crippen LogP contribution in [0.4, 0.5) is 0 Å². The highest BCUT2D eigenvalue weighted by atomic mass is 16.5. The number of rotatable bonds is 8. The summed E-state index contributed by atoms with van der Waals surface area (Å²) < 4.78 is 10.1. The van der Waals surface area contributed by atoms with Gasteiger partial charge < -0.3 is 20.1 Å². The lowest BCUT2D eigenvalue weighted by Crippen LogP contribution is -2.40. The van der Waals surface area contributed by atoms with Gasteiger partial charge in [0.15, 0.2) is 5.96 Å². The predicted octanol–water partition coefficient (Wildman–Crippen LogP) is 0.448. The van der Waals surface area contributed by atoms with Crippen LogP contribution in [0, 0.1) is 0 Å². The van der Waals surface area contributed by atoms with E-state index in [2.05, 4.69) is 9.89 Å². The maximum Gasteiger partial charge on any atom is 0.191 e. The van der Waals surface area contributed by atoms with Gasteiger partial charge in [0.25, 0.3) is 0 Å². The van der Waals surface area contributed by atoms with E-state index in [4.69, 9.17) is 15.2 Å². The average Bonchev–Trinajstić information content (AvgIpc) is 3.07. The zero-order valence-corrected chi connectivity index (χ0v) is 10.3. The molecule has 0 radical (unpaired) electrons. The van der Waals surface area contributed by atoms with Crippen molar-refractivity contribution in [3.63, 3.8) is 0 Å². The number of hydrogen-bond acceptors (Lipinski definition) is 3. The Balaban J connectivity index is 2.34. The van der Waals surface area contributed by atoms with E-state index in [9.17, 15) is 0 Å². The van der Waals surface area contributed by atoms with Gasteiger partial charge in [-0.3, -0.25) is 0 Å². The zero-order chi connectivity index (χ0) is 11.8. The van der Waals surface area contributed by atoms with Gasteiger partial charge in [0.1, 0.15) is 0 Å². The fraction of sp³-hybridized carbons (Fsp3) is 0.909. The highest BCUT2D eigenvalue weighted by molar-refractivity contribution is 5.78. The summed E-state index contributed by atoms with van der Waals surface area (Å²) in [7, 11) is 3.41. The third-order valence-electron chi connectivity index (χ3n) is 2.53. The lowest BCUT2D eigenvalue weighted by molar-refractivity contribution is 0.160. The van der Waals surface area contributed by atoms with Crippen molar-refractivity contribution in [2.75, 3.05) is 40.5 Å². The van der Waals surface area contributed by atoms with Crippen LogP contribution in [0.1, 0.15) is 19.3 Å². The van der Waals surface area contributed by atoms with Gasteiger partial charge in [0, 0.05) is 33.9 Å². The van der Waals surface area contributed by atoms with E-state index in [0.29, 0.717) is 18.6 Å². The molecule has 0 unspecified atom stereocenters. The Morgan fingerprint density at radius 3 is 2.50 bits per heavy atom. The van der Waals surface area contributed by atoms with Crippen LogP contribution in [-0.4, -0.2) is 57.4 Å². The number of aliphatic imine (C=N–C) groups is 1. The van der Waals surface area contributed by atoms with Crippen molar-refractivity contribution >= 4 is 5.96 Å². The molecule has 1 saturated carbocycles. The van der Waals surface area contributed by atoms with Crippen LogP contribution >= 0.6 is 0 Å². The molecular weight excluding hydrogens is 206 g/mol. The monoisotopic (exact) mass is 229 g/mol. The maximum atomic E-state index is 5.96. The number of nitrogens with two attached hydrogens (primary N) is 1. The summed E-state index contributed by atoms with van der Waals surface area (Å²) in [4.78, 5) is 6.51. The lowest BCUT2D eigenvalue weighted by atomic mass is 10.4. The molecule has 0 amide bonds. The standard InChI is InChI=1S/C11H23N3O2/c1-15-8-3-6-14(7-9-16-2)11(12)13-10-4-5-10/h10H,3-9H2,1-2H3,(H2,12,13). The molecule has 0 saturated heterocycles. The number of guanidine groups is 1. The molecule has 0 atom stereocenters. The minimum Gasteiger partial charge on any atom is -0.385 e. The lowest BCUT2D eigenvalue weighted by Gasteiger charge is -2.23. The van der Waals surface area contributed by atoms with Crippen molar-refractivity contribution in [1.82, 2.24) is 4.90 Å². The van der Waals surface area contributed by atoms with E-state index in [1.54, 1.807) is 14.2 Å². The Morgan fingerprint density at radius 1 is 1.25 bits per heavy atom. The van der Waals surface area contributed by atoms with E-state index < -0.39 is 0 Å². The Labute approximate surface area is 97.6 Å². The third-order valence-corrected chi connectivity index (χ3v) is 2.53. The second-order valence-electron chi connectivity index (χ2n) is 4.04. The molecule has 1 rings (SSSR count). The summed E-state index contributed by atoms with van der Waals surface area (Å²) >= 11 is 0. The Bertz CT molecular complexity index is 217. The molecule has 1 aliphatic rings. The van der Waals surface area contributed by atoms with Crippen molar-refractivity contribution in [3.8, 4) is 0 Å². The molecule has 1 aliphatic carbocycles. The van der Waals surface area contributed by atoms with E-state index >= 15 is 0 Å². The molecule has 1 fully saturated rings. The minimum atomic E-state index is 0.465. The molecule has 0 aliphatic heterocycles. The summed E-state index contributed by atoms with van der Waals surface area (Å²) in [6, 6.07) is 0.465. The SMILES string of the molecule is COCCCN(CCOC)C(N)=NC1CC1. The molecule has 2 N–H and O–H groups in total. The Morgan fingerprint density at radius 2 is 1.94 bits per heavy atom. The minimum absolute atomic E-state index is 0.465. The molecule has 5 heteroatoms. The van der Waals surface area contributed by atoms with E-state index in [1.165, 1.54) is 12.8 Å². The second-order valence-corrected chi connectivity index (χ2v) is 4.04. The number of nitrogens with zero attached hydrogens (tertiary/aromatic N) is 2. The zero-order valence-electron chi connectivity index (χ0n) is 10.3. The van der Waals surface area contributed by atoms with Gasteiger partial charge in [-0.25, -0.2) is 4.99 Å². The van der Waals surface area contributed by atoms with Gasteiger partial charge in [-0.05, 0) is 19.3 Å². The van der Waals surface area contributed by atoms with Crippen LogP contribution in [0.25, 0.3) is 0 Å². The van der Waals surface area contributed by atoms with Gasteiger partial charge >= 0.3 is 0 Å². The maximum absolute atomic E-state index is 5.96. The fourth-order valence-corrected chi connectivity index (χ4v) is 1.41. The van der Waals surface area contributed by atoms with Crippen molar-refractivity contribution in [2.45, 2.75) is 25.3 Å². The first-order valence-corrected chi connectivity index (χ1v) is 5.84. The topological polar surface area (TPSA) is 60.1 Å². The molecule has 16 heavy (non-hydrogen) atoms. The Hall–Kier alpha value is -0.810. The molecule has 0 heterocycles. The van der Waals surface area contributed by atoms with Crippen molar-refractivity contribution < 1.29 is 9.47 Å². The van der Waals surface area contributed by atoms with Crippen molar-refractivity contribution in [3.05, 3.63) is 0 Å². The van der Waals surface area contributed by atoms with Crippen molar-refractivity contribution in [2.24, 2.45) is 10.7 Å². The number of methoxy groups -OCH3 is 2. The smallest absolute Gasteiger partial charge is 0.191 e. The summed E-state index contributed by atoms with van der Waals surface area (Å²) in [5.41, 5.74) is 5.96. The molecule has 0 aromatic heterocycles. The molecule has 94 valence electrons. The normalized spacial score (nSPS) is 16.5. The first kappa shape index (κ1) is 13.3. The number of hydrogen-bond donors (Lipinski definition) is 1. The molecule has 0 spiro atoms. The van der Waals surface area contributed by atoms with Gasteiger partial charge in [0.05, 0.1) is 12.6 Å². The van der Waals surface area contributed by atoms with E-state index in [0.717, 1.165) is 26.1 Å². The Kier molecular flexibility index (Phi) is 6.18. The predicted molar refractivity (Wildman–Crippen MR) is 64.6 cm³/mol. The van der Waals surface area contributed by atoms with Crippen LogP contribution in [-0.2, 0) is 9.47 Å². The second kappa shape index (κ2) is 7.46. The highest BCUT2D eigenvalue weighted by Crippen LogP contribution is 2.23. The summed E-state index contributed by atoms with van der Waals surface area (Å²) in [6.07, 6.45) is 3.31. The van der Waals surface area contributed by atoms with Gasteiger partial charge in [-0.15, -0.1) is 0 Å². The molecule has 0 aromatic carbocycles. The van der Waals surface area contributed by atoms with Gasteiger partial charge in [-0.2, -0.15) is 0 Å². The van der Waals surface area contributed by atoms with E-state index in [1.807, 2.05) is 0 Å². The largest absolute Gasteiger partial charge is 0.385 e. The van der Waals surface area contributed by atoms with Crippen LogP contribution in [0.15, 0.2) is 4.99 Å². The first-order valence-electron chi connectivity index (χ1n) is 5.84. The van der Waals surface area contributed by atoms with Crippen LogP contribution < -0.4 is 5.73 Å². The first-order chi connectivity index (χ1) is 7.77. The molecule has 0 aromatic rings. The highest BCUT2D eigenvalue weighted by Gasteiger charge is 2.21. The summed E-state index contributed by atoms with van der Waals surface area (Å²) in [5.74, 6) is 0.649. The van der Waals surface area contributed by atoms with Crippen LogP contribution in [0.3, 0.4) is 0 Å². The molecule has 5 nitrogen and oxygen atoms in total. The average molecular weight is 229 g/mol. The molecular formula is C11H23N3O2. The molecule has 0 bridgehead atoms. The van der Waals surface area contributed by atoms with Crippen LogP contribution in [0.2, 0.25) is 0 Å². The summed E-state index contributed by atoms with van der Waals surface area (Å²) in [6.45, 7) is 3.09. The van der Waals surface area contributed by atoms with Crippen molar-refractivity contribution in [1.29, 1.82) is 0 Å².